The summed E-state index contributed by atoms with van der Waals surface area (Å²) in [5.41, 5.74) is 0.829. The van der Waals surface area contributed by atoms with Crippen LogP contribution >= 0.6 is 0 Å². The van der Waals surface area contributed by atoms with Crippen molar-refractivity contribution in [3.63, 3.8) is 0 Å². The van der Waals surface area contributed by atoms with E-state index < -0.39 is 0 Å². The predicted molar refractivity (Wildman–Crippen MR) is 100.0 cm³/mol. The Balaban J connectivity index is 1.96. The van der Waals surface area contributed by atoms with Gasteiger partial charge < -0.3 is 15.1 Å². The van der Waals surface area contributed by atoms with E-state index in [0.717, 1.165) is 24.9 Å². The third-order valence-corrected chi connectivity index (χ3v) is 4.92. The van der Waals surface area contributed by atoms with Crippen molar-refractivity contribution in [3.8, 4) is 0 Å². The first-order chi connectivity index (χ1) is 12.3. The number of amides is 2. The first kappa shape index (κ1) is 20.4. The molecule has 1 heterocycles. The summed E-state index contributed by atoms with van der Waals surface area (Å²) in [6.07, 6.45) is 1.64. The van der Waals surface area contributed by atoms with Gasteiger partial charge in [-0.1, -0.05) is 26.0 Å². The molecule has 0 spiro atoms. The number of nitrogens with zero attached hydrogens (tertiary/aromatic N) is 2. The third kappa shape index (κ3) is 5.27. The van der Waals surface area contributed by atoms with E-state index in [2.05, 4.69) is 5.32 Å². The highest BCUT2D eigenvalue weighted by atomic mass is 19.1. The molecule has 2 rings (SSSR count). The molecule has 1 aromatic carbocycles. The lowest BCUT2D eigenvalue weighted by Crippen LogP contribution is -2.47. The quantitative estimate of drug-likeness (QED) is 0.845. The standard InChI is InChI=1S/C20H30FN3O2/c1-14(2)20(26)24-10-6-8-16(13-24)19(25)22-12-18(23(3)4)15-7-5-9-17(21)11-15/h5,7,9,11,14,16,18H,6,8,10,12-13H2,1-4H3,(H,22,25). The van der Waals surface area contributed by atoms with Crippen molar-refractivity contribution in [2.75, 3.05) is 33.7 Å². The summed E-state index contributed by atoms with van der Waals surface area (Å²) in [7, 11) is 3.82. The molecule has 0 saturated carbocycles. The van der Waals surface area contributed by atoms with Gasteiger partial charge in [0.1, 0.15) is 5.82 Å². The van der Waals surface area contributed by atoms with Crippen molar-refractivity contribution in [2.45, 2.75) is 32.7 Å². The number of piperidine rings is 1. The fraction of sp³-hybridized carbons (Fsp3) is 0.600. The summed E-state index contributed by atoms with van der Waals surface area (Å²) in [6.45, 7) is 5.38. The molecule has 0 aliphatic carbocycles. The van der Waals surface area contributed by atoms with E-state index >= 15 is 0 Å². The van der Waals surface area contributed by atoms with Gasteiger partial charge in [-0.3, -0.25) is 9.59 Å². The molecule has 6 heteroatoms. The topological polar surface area (TPSA) is 52.7 Å². The average Bonchev–Trinajstić information content (AvgIpc) is 2.61. The Morgan fingerprint density at radius 2 is 2.08 bits per heavy atom. The Labute approximate surface area is 155 Å². The van der Waals surface area contributed by atoms with E-state index in [9.17, 15) is 14.0 Å². The summed E-state index contributed by atoms with van der Waals surface area (Å²) >= 11 is 0. The number of carbonyl (C=O) groups excluding carboxylic acids is 2. The van der Waals surface area contributed by atoms with Gasteiger partial charge >= 0.3 is 0 Å². The third-order valence-electron chi connectivity index (χ3n) is 4.92. The van der Waals surface area contributed by atoms with Crippen LogP contribution in [0.2, 0.25) is 0 Å². The summed E-state index contributed by atoms with van der Waals surface area (Å²) in [4.78, 5) is 28.6. The number of benzene rings is 1. The zero-order chi connectivity index (χ0) is 19.3. The van der Waals surface area contributed by atoms with Gasteiger partial charge in [-0.15, -0.1) is 0 Å². The maximum atomic E-state index is 13.5. The molecule has 1 aliphatic heterocycles. The minimum Gasteiger partial charge on any atom is -0.354 e. The van der Waals surface area contributed by atoms with Crippen LogP contribution in [0.1, 0.15) is 38.3 Å². The normalized spacial score (nSPS) is 18.9. The van der Waals surface area contributed by atoms with E-state index in [0.29, 0.717) is 13.1 Å². The molecule has 2 amide bonds. The number of likely N-dealkylation sites (tertiary alicyclic amines) is 1. The summed E-state index contributed by atoms with van der Waals surface area (Å²) < 4.78 is 13.5. The van der Waals surface area contributed by atoms with Crippen LogP contribution in [-0.2, 0) is 9.59 Å². The van der Waals surface area contributed by atoms with E-state index in [4.69, 9.17) is 0 Å². The minimum absolute atomic E-state index is 0.0329. The highest BCUT2D eigenvalue weighted by molar-refractivity contribution is 5.82. The summed E-state index contributed by atoms with van der Waals surface area (Å²) in [5.74, 6) is -0.441. The molecular formula is C20H30FN3O2. The Morgan fingerprint density at radius 3 is 2.69 bits per heavy atom. The van der Waals surface area contributed by atoms with Crippen LogP contribution in [0.4, 0.5) is 4.39 Å². The Hall–Kier alpha value is -1.95. The van der Waals surface area contributed by atoms with Crippen LogP contribution in [0.3, 0.4) is 0 Å². The molecule has 0 bridgehead atoms. The molecule has 144 valence electrons. The molecule has 1 aromatic rings. The highest BCUT2D eigenvalue weighted by Gasteiger charge is 2.29. The van der Waals surface area contributed by atoms with Gasteiger partial charge in [-0.25, -0.2) is 4.39 Å². The van der Waals surface area contributed by atoms with Crippen molar-refractivity contribution < 1.29 is 14.0 Å². The van der Waals surface area contributed by atoms with Crippen molar-refractivity contribution in [1.29, 1.82) is 0 Å². The SMILES string of the molecule is CC(C)C(=O)N1CCCC(C(=O)NCC(c2cccc(F)c2)N(C)C)C1. The van der Waals surface area contributed by atoms with Crippen molar-refractivity contribution >= 4 is 11.8 Å². The summed E-state index contributed by atoms with van der Waals surface area (Å²) in [6, 6.07) is 6.35. The van der Waals surface area contributed by atoms with Gasteiger partial charge in [0.05, 0.1) is 12.0 Å². The average molecular weight is 363 g/mol. The second-order valence-electron chi connectivity index (χ2n) is 7.56. The number of nitrogens with one attached hydrogen (secondary N) is 1. The maximum absolute atomic E-state index is 13.5. The minimum atomic E-state index is -0.282. The number of rotatable bonds is 6. The zero-order valence-electron chi connectivity index (χ0n) is 16.2. The molecule has 26 heavy (non-hydrogen) atoms. The van der Waals surface area contributed by atoms with Crippen molar-refractivity contribution in [2.24, 2.45) is 11.8 Å². The lowest BCUT2D eigenvalue weighted by atomic mass is 9.95. The molecule has 2 unspecified atom stereocenters. The molecule has 1 saturated heterocycles. The van der Waals surface area contributed by atoms with Crippen LogP contribution < -0.4 is 5.32 Å². The number of carbonyl (C=O) groups is 2. The molecular weight excluding hydrogens is 333 g/mol. The molecule has 0 radical (unpaired) electrons. The van der Waals surface area contributed by atoms with Crippen LogP contribution in [0.15, 0.2) is 24.3 Å². The molecule has 0 aromatic heterocycles. The van der Waals surface area contributed by atoms with Gasteiger partial charge in [-0.05, 0) is 44.6 Å². The molecule has 1 fully saturated rings. The first-order valence-corrected chi connectivity index (χ1v) is 9.28. The smallest absolute Gasteiger partial charge is 0.225 e. The second kappa shape index (κ2) is 9.12. The molecule has 1 N–H and O–H groups in total. The van der Waals surface area contributed by atoms with Crippen LogP contribution in [0.25, 0.3) is 0 Å². The fourth-order valence-electron chi connectivity index (χ4n) is 3.41. The lowest BCUT2D eigenvalue weighted by Gasteiger charge is -2.33. The summed E-state index contributed by atoms with van der Waals surface area (Å²) in [5, 5.41) is 3.00. The Kier molecular flexibility index (Phi) is 7.14. The highest BCUT2D eigenvalue weighted by Crippen LogP contribution is 2.21. The van der Waals surface area contributed by atoms with Gasteiger partial charge in [0, 0.05) is 25.6 Å². The Morgan fingerprint density at radius 1 is 1.35 bits per heavy atom. The number of hydrogen-bond donors (Lipinski definition) is 1. The number of halogens is 1. The molecule has 5 nitrogen and oxygen atoms in total. The van der Waals surface area contributed by atoms with Crippen molar-refractivity contribution in [3.05, 3.63) is 35.6 Å². The molecule has 1 aliphatic rings. The van der Waals surface area contributed by atoms with Crippen molar-refractivity contribution in [1.82, 2.24) is 15.1 Å². The molecule has 2 atom stereocenters. The first-order valence-electron chi connectivity index (χ1n) is 9.28. The maximum Gasteiger partial charge on any atom is 0.225 e. The monoisotopic (exact) mass is 363 g/mol. The fourth-order valence-corrected chi connectivity index (χ4v) is 3.41. The largest absolute Gasteiger partial charge is 0.354 e. The zero-order valence-corrected chi connectivity index (χ0v) is 16.2. The van der Waals surface area contributed by atoms with Crippen LogP contribution in [0.5, 0.6) is 0 Å². The number of likely N-dealkylation sites (N-methyl/N-ethyl adjacent to an activating group) is 1. The van der Waals surface area contributed by atoms with Gasteiger partial charge in [0.25, 0.3) is 0 Å². The van der Waals surface area contributed by atoms with Gasteiger partial charge in [-0.2, -0.15) is 0 Å². The van der Waals surface area contributed by atoms with Crippen LogP contribution in [0, 0.1) is 17.7 Å². The second-order valence-corrected chi connectivity index (χ2v) is 7.56. The van der Waals surface area contributed by atoms with E-state index in [1.807, 2.05) is 38.9 Å². The van der Waals surface area contributed by atoms with E-state index in [-0.39, 0.29) is 35.5 Å². The predicted octanol–water partition coefficient (Wildman–Crippen LogP) is 2.44. The van der Waals surface area contributed by atoms with E-state index in [1.54, 1.807) is 11.0 Å². The van der Waals surface area contributed by atoms with E-state index in [1.165, 1.54) is 12.1 Å². The van der Waals surface area contributed by atoms with Gasteiger partial charge in [0.2, 0.25) is 11.8 Å². The lowest BCUT2D eigenvalue weighted by molar-refractivity contribution is -0.138. The van der Waals surface area contributed by atoms with Gasteiger partial charge in [0.15, 0.2) is 0 Å². The van der Waals surface area contributed by atoms with Crippen LogP contribution in [-0.4, -0.2) is 55.3 Å². The Bertz CT molecular complexity index is 633. The number of hydrogen-bond acceptors (Lipinski definition) is 3.